The monoisotopic (exact) mass is 349 g/mol. The lowest BCUT2D eigenvalue weighted by Gasteiger charge is -2.12. The molecule has 0 radical (unpaired) electrons. The van der Waals surface area contributed by atoms with Crippen LogP contribution in [0.2, 0.25) is 0 Å². The van der Waals surface area contributed by atoms with Gasteiger partial charge in [0, 0.05) is 28.4 Å². The molecule has 0 aliphatic rings. The highest BCUT2D eigenvalue weighted by Crippen LogP contribution is 2.30. The summed E-state index contributed by atoms with van der Waals surface area (Å²) >= 11 is 0. The molecule has 0 aliphatic carbocycles. The van der Waals surface area contributed by atoms with Gasteiger partial charge in [-0.15, -0.1) is 0 Å². The van der Waals surface area contributed by atoms with Gasteiger partial charge in [0.05, 0.1) is 5.56 Å². The molecule has 0 saturated carbocycles. The molecule has 8 heteroatoms. The first kappa shape index (κ1) is 16.8. The van der Waals surface area contributed by atoms with Gasteiger partial charge in [0.1, 0.15) is 5.69 Å². The zero-order chi connectivity index (χ0) is 18.4. The number of hydrogen-bond donors (Lipinski definition) is 2. The first-order valence-corrected chi connectivity index (χ1v) is 7.37. The van der Waals surface area contributed by atoms with Crippen LogP contribution in [0, 0.1) is 13.8 Å². The lowest BCUT2D eigenvalue weighted by atomic mass is 10.1. The minimum absolute atomic E-state index is 0.0373. The Labute approximate surface area is 140 Å². The fraction of sp³-hybridized carbons (Fsp3) is 0.176. The standard InChI is InChI=1S/C17H14F3N3O2/c1-9-3-4-10(2)23(9)22-16(25)14-8-15(24)12-7-11(17(18,19)20)5-6-13(12)21-14/h3-8H,1-2H3,(H,21,24)(H,22,25). The van der Waals surface area contributed by atoms with E-state index >= 15 is 0 Å². The highest BCUT2D eigenvalue weighted by atomic mass is 19.4. The summed E-state index contributed by atoms with van der Waals surface area (Å²) in [6, 6.07) is 7.40. The Morgan fingerprint density at radius 1 is 1.08 bits per heavy atom. The number of H-pyrrole nitrogens is 1. The maximum Gasteiger partial charge on any atom is 0.416 e. The van der Waals surface area contributed by atoms with Gasteiger partial charge in [-0.3, -0.25) is 19.7 Å². The van der Waals surface area contributed by atoms with Crippen molar-refractivity contribution in [2.24, 2.45) is 0 Å². The average Bonchev–Trinajstić information content (AvgIpc) is 2.85. The summed E-state index contributed by atoms with van der Waals surface area (Å²) in [7, 11) is 0. The molecule has 0 spiro atoms. The zero-order valence-corrected chi connectivity index (χ0v) is 13.4. The number of nitrogens with zero attached hydrogens (tertiary/aromatic N) is 1. The van der Waals surface area contributed by atoms with Gasteiger partial charge in [0.2, 0.25) is 0 Å². The third-order valence-electron chi connectivity index (χ3n) is 3.89. The molecule has 0 unspecified atom stereocenters. The summed E-state index contributed by atoms with van der Waals surface area (Å²) < 4.78 is 39.8. The van der Waals surface area contributed by atoms with E-state index in [4.69, 9.17) is 0 Å². The molecular formula is C17H14F3N3O2. The predicted octanol–water partition coefficient (Wildman–Crippen LogP) is 3.35. The maximum atomic E-state index is 12.8. The number of pyridine rings is 1. The number of benzene rings is 1. The fourth-order valence-corrected chi connectivity index (χ4v) is 2.55. The molecule has 0 atom stereocenters. The Kier molecular flexibility index (Phi) is 3.90. The number of nitrogens with one attached hydrogen (secondary N) is 2. The molecule has 2 N–H and O–H groups in total. The number of carbonyl (C=O) groups excluding carboxylic acids is 1. The van der Waals surface area contributed by atoms with Crippen LogP contribution < -0.4 is 10.9 Å². The molecule has 25 heavy (non-hydrogen) atoms. The van der Waals surface area contributed by atoms with Gasteiger partial charge >= 0.3 is 6.18 Å². The number of carbonyl (C=O) groups is 1. The molecule has 3 rings (SSSR count). The van der Waals surface area contributed by atoms with Crippen molar-refractivity contribution in [3.63, 3.8) is 0 Å². The molecule has 0 fully saturated rings. The van der Waals surface area contributed by atoms with Crippen LogP contribution in [-0.2, 0) is 6.18 Å². The maximum absolute atomic E-state index is 12.8. The second-order valence-corrected chi connectivity index (χ2v) is 5.70. The zero-order valence-electron chi connectivity index (χ0n) is 13.4. The van der Waals surface area contributed by atoms with E-state index in [1.54, 1.807) is 18.5 Å². The topological polar surface area (TPSA) is 66.9 Å². The molecule has 0 saturated heterocycles. The number of aromatic nitrogens is 2. The Morgan fingerprint density at radius 3 is 2.32 bits per heavy atom. The smallest absolute Gasteiger partial charge is 0.350 e. The van der Waals surface area contributed by atoms with Crippen LogP contribution in [0.4, 0.5) is 13.2 Å². The summed E-state index contributed by atoms with van der Waals surface area (Å²) in [5.74, 6) is -0.568. The Balaban J connectivity index is 2.01. The number of hydrogen-bond acceptors (Lipinski definition) is 2. The highest BCUT2D eigenvalue weighted by Gasteiger charge is 2.30. The fourth-order valence-electron chi connectivity index (χ4n) is 2.55. The largest absolute Gasteiger partial charge is 0.416 e. The Bertz CT molecular complexity index is 1010. The van der Waals surface area contributed by atoms with Gasteiger partial charge in [-0.05, 0) is 44.2 Å². The molecule has 0 bridgehead atoms. The van der Waals surface area contributed by atoms with Crippen molar-refractivity contribution < 1.29 is 18.0 Å². The van der Waals surface area contributed by atoms with Gasteiger partial charge in [-0.2, -0.15) is 13.2 Å². The van der Waals surface area contributed by atoms with E-state index in [2.05, 4.69) is 10.4 Å². The number of aromatic amines is 1. The molecule has 1 amide bonds. The number of alkyl halides is 3. The van der Waals surface area contributed by atoms with E-state index in [9.17, 15) is 22.8 Å². The van der Waals surface area contributed by atoms with E-state index in [0.29, 0.717) is 0 Å². The summed E-state index contributed by atoms with van der Waals surface area (Å²) in [5, 5.41) is -0.125. The van der Waals surface area contributed by atoms with E-state index < -0.39 is 23.1 Å². The molecule has 130 valence electrons. The number of aryl methyl sites for hydroxylation is 2. The molecule has 1 aromatic carbocycles. The molecule has 5 nitrogen and oxygen atoms in total. The van der Waals surface area contributed by atoms with Crippen LogP contribution in [0.3, 0.4) is 0 Å². The molecule has 0 aliphatic heterocycles. The molecule has 3 aromatic rings. The van der Waals surface area contributed by atoms with Crippen molar-refractivity contribution in [3.05, 3.63) is 69.3 Å². The van der Waals surface area contributed by atoms with Crippen molar-refractivity contribution >= 4 is 16.8 Å². The third-order valence-corrected chi connectivity index (χ3v) is 3.89. The number of fused-ring (bicyclic) bond motifs is 1. The van der Waals surface area contributed by atoms with Crippen molar-refractivity contribution in [2.45, 2.75) is 20.0 Å². The minimum Gasteiger partial charge on any atom is -0.350 e. The second kappa shape index (κ2) is 5.80. The number of halogens is 3. The summed E-state index contributed by atoms with van der Waals surface area (Å²) in [6.07, 6.45) is -4.54. The highest BCUT2D eigenvalue weighted by molar-refractivity contribution is 6.00. The SMILES string of the molecule is Cc1ccc(C)n1NC(=O)c1cc(=O)c2cc(C(F)(F)F)ccc2[nH]1. The van der Waals surface area contributed by atoms with Crippen LogP contribution in [0.1, 0.15) is 27.4 Å². The van der Waals surface area contributed by atoms with Gasteiger partial charge < -0.3 is 4.98 Å². The first-order chi connectivity index (χ1) is 11.7. The lowest BCUT2D eigenvalue weighted by Crippen LogP contribution is -2.26. The minimum atomic E-state index is -4.54. The lowest BCUT2D eigenvalue weighted by molar-refractivity contribution is -0.137. The first-order valence-electron chi connectivity index (χ1n) is 7.37. The van der Waals surface area contributed by atoms with Gasteiger partial charge in [-0.1, -0.05) is 0 Å². The van der Waals surface area contributed by atoms with Crippen LogP contribution in [0.15, 0.2) is 41.2 Å². The van der Waals surface area contributed by atoms with E-state index in [1.807, 2.05) is 12.1 Å². The molecule has 2 aromatic heterocycles. The predicted molar refractivity (Wildman–Crippen MR) is 87.2 cm³/mol. The molecule has 2 heterocycles. The third kappa shape index (κ3) is 3.15. The van der Waals surface area contributed by atoms with Gasteiger partial charge in [0.25, 0.3) is 5.91 Å². The van der Waals surface area contributed by atoms with E-state index in [-0.39, 0.29) is 16.6 Å². The summed E-state index contributed by atoms with van der Waals surface area (Å²) in [4.78, 5) is 27.2. The van der Waals surface area contributed by atoms with Crippen molar-refractivity contribution in [2.75, 3.05) is 5.43 Å². The van der Waals surface area contributed by atoms with E-state index in [1.165, 1.54) is 0 Å². The van der Waals surface area contributed by atoms with Crippen molar-refractivity contribution in [1.29, 1.82) is 0 Å². The molecular weight excluding hydrogens is 335 g/mol. The van der Waals surface area contributed by atoms with Crippen LogP contribution in [-0.4, -0.2) is 15.6 Å². The van der Waals surface area contributed by atoms with Crippen LogP contribution in [0.25, 0.3) is 10.9 Å². The Morgan fingerprint density at radius 2 is 1.72 bits per heavy atom. The van der Waals surface area contributed by atoms with Crippen LogP contribution in [0.5, 0.6) is 0 Å². The van der Waals surface area contributed by atoms with Crippen molar-refractivity contribution in [1.82, 2.24) is 9.66 Å². The summed E-state index contributed by atoms with van der Waals surface area (Å²) in [6.45, 7) is 3.60. The van der Waals surface area contributed by atoms with E-state index in [0.717, 1.165) is 35.7 Å². The average molecular weight is 349 g/mol. The second-order valence-electron chi connectivity index (χ2n) is 5.70. The Hall–Kier alpha value is -3.03. The van der Waals surface area contributed by atoms with Crippen LogP contribution >= 0.6 is 0 Å². The number of amides is 1. The quantitative estimate of drug-likeness (QED) is 0.745. The summed E-state index contributed by atoms with van der Waals surface area (Å²) in [5.41, 5.74) is 2.77. The van der Waals surface area contributed by atoms with Crippen molar-refractivity contribution in [3.8, 4) is 0 Å². The van der Waals surface area contributed by atoms with Gasteiger partial charge in [-0.25, -0.2) is 0 Å². The number of rotatable bonds is 2. The van der Waals surface area contributed by atoms with Gasteiger partial charge in [0.15, 0.2) is 5.43 Å². The normalized spacial score (nSPS) is 11.7.